The van der Waals surface area contributed by atoms with Gasteiger partial charge in [0.1, 0.15) is 28.0 Å². The lowest BCUT2D eigenvalue weighted by Gasteiger charge is -2.56. The second-order valence-corrected chi connectivity index (χ2v) is 16.3. The number of aromatic nitrogens is 5. The van der Waals surface area contributed by atoms with E-state index in [1.165, 1.54) is 7.11 Å². The molecule has 12 nitrogen and oxygen atoms in total. The van der Waals surface area contributed by atoms with Gasteiger partial charge in [0.05, 0.1) is 45.2 Å². The Morgan fingerprint density at radius 3 is 2.75 bits per heavy atom. The van der Waals surface area contributed by atoms with Crippen molar-refractivity contribution in [2.45, 2.75) is 83.4 Å². The number of aliphatic hydroxyl groups excluding tert-OH is 1. The Morgan fingerprint density at radius 1 is 1.16 bits per heavy atom. The van der Waals surface area contributed by atoms with Crippen LogP contribution in [0.1, 0.15) is 64.4 Å². The minimum atomic E-state index is -1.19. The number of pyridine rings is 1. The minimum Gasteiger partial charge on any atom is -0.480 e. The maximum Gasteiger partial charge on any atom is 0.319 e. The number of nitrogens with one attached hydrogen (secondary N) is 1. The molecule has 2 saturated carbocycles. The topological polar surface area (TPSA) is 142 Å². The van der Waals surface area contributed by atoms with Gasteiger partial charge < -0.3 is 29.3 Å². The zero-order valence-electron chi connectivity index (χ0n) is 29.8. The van der Waals surface area contributed by atoms with Gasteiger partial charge in [-0.1, -0.05) is 24.9 Å². The first kappa shape index (κ1) is 34.7. The van der Waals surface area contributed by atoms with Crippen LogP contribution in [0.5, 0.6) is 11.9 Å². The van der Waals surface area contributed by atoms with Crippen LogP contribution in [0.4, 0.5) is 10.2 Å². The third-order valence-electron chi connectivity index (χ3n) is 12.0. The number of aromatic amines is 1. The van der Waals surface area contributed by atoms with Crippen molar-refractivity contribution in [3.8, 4) is 23.1 Å². The number of fused-ring (bicyclic) bond motifs is 3. The molecule has 2 unspecified atom stereocenters. The first-order valence-electron chi connectivity index (χ1n) is 18.1. The van der Waals surface area contributed by atoms with E-state index in [1.807, 2.05) is 11.8 Å². The van der Waals surface area contributed by atoms with E-state index in [1.54, 1.807) is 19.2 Å². The summed E-state index contributed by atoms with van der Waals surface area (Å²) in [6, 6.07) is 2.66. The molecule has 3 N–H and O–H groups in total. The number of methoxy groups -OCH3 is 1. The predicted molar refractivity (Wildman–Crippen MR) is 192 cm³/mol. The summed E-state index contributed by atoms with van der Waals surface area (Å²) in [5.74, 6) is -0.172. The van der Waals surface area contributed by atoms with Crippen LogP contribution in [0.15, 0.2) is 12.3 Å². The van der Waals surface area contributed by atoms with Crippen molar-refractivity contribution in [1.82, 2.24) is 30.0 Å². The number of hydrogen-bond donors (Lipinski definition) is 3. The van der Waals surface area contributed by atoms with E-state index in [9.17, 15) is 10.2 Å². The van der Waals surface area contributed by atoms with Gasteiger partial charge in [0.15, 0.2) is 5.82 Å². The van der Waals surface area contributed by atoms with E-state index < -0.39 is 11.4 Å². The highest BCUT2D eigenvalue weighted by Crippen LogP contribution is 2.53. The lowest BCUT2D eigenvalue weighted by atomic mass is 9.65. The number of β-amino-alcohol motifs (C(OH)–C–C–N with tert-alkyl or cyclic N) is 1. The molecule has 3 atom stereocenters. The van der Waals surface area contributed by atoms with Gasteiger partial charge in [-0.3, -0.25) is 10.00 Å². The Morgan fingerprint density at radius 2 is 1.96 bits per heavy atom. The highest BCUT2D eigenvalue weighted by molar-refractivity contribution is 6.33. The molecule has 4 fully saturated rings. The number of rotatable bonds is 8. The first-order valence-corrected chi connectivity index (χ1v) is 18.4. The number of benzene rings is 1. The van der Waals surface area contributed by atoms with Gasteiger partial charge in [0, 0.05) is 46.6 Å². The lowest BCUT2D eigenvalue weighted by Crippen LogP contribution is -2.60. The number of aliphatic hydroxyl groups is 2. The Kier molecular flexibility index (Phi) is 8.81. The number of piperidine rings is 1. The Labute approximate surface area is 301 Å². The molecule has 274 valence electrons. The molecule has 14 heteroatoms. The summed E-state index contributed by atoms with van der Waals surface area (Å²) in [6.45, 7) is 8.45. The number of hydrogen-bond acceptors (Lipinski definition) is 11. The van der Waals surface area contributed by atoms with E-state index >= 15 is 4.39 Å². The van der Waals surface area contributed by atoms with Crippen LogP contribution in [0.25, 0.3) is 33.1 Å². The number of anilines is 1. The van der Waals surface area contributed by atoms with Crippen LogP contribution >= 0.6 is 11.6 Å². The average molecular weight is 724 g/mol. The van der Waals surface area contributed by atoms with Gasteiger partial charge >= 0.3 is 6.01 Å². The van der Waals surface area contributed by atoms with Crippen LogP contribution in [0.3, 0.4) is 0 Å². The first-order chi connectivity index (χ1) is 24.4. The van der Waals surface area contributed by atoms with Crippen molar-refractivity contribution >= 4 is 39.2 Å². The zero-order chi connectivity index (χ0) is 35.7. The highest BCUT2D eigenvalue weighted by Gasteiger charge is 2.53. The Hall–Kier alpha value is -3.36. The van der Waals surface area contributed by atoms with Crippen molar-refractivity contribution in [3.63, 3.8) is 0 Å². The van der Waals surface area contributed by atoms with Crippen LogP contribution in [-0.4, -0.2) is 111 Å². The fourth-order valence-corrected chi connectivity index (χ4v) is 9.59. The smallest absolute Gasteiger partial charge is 0.319 e. The van der Waals surface area contributed by atoms with E-state index in [0.717, 1.165) is 51.5 Å². The molecule has 5 heterocycles. The van der Waals surface area contributed by atoms with E-state index in [-0.39, 0.29) is 59.1 Å². The Balaban J connectivity index is 1.23. The van der Waals surface area contributed by atoms with Crippen molar-refractivity contribution < 1.29 is 28.8 Å². The molecular formula is C37H47ClFN7O5. The van der Waals surface area contributed by atoms with Crippen LogP contribution in [0, 0.1) is 23.6 Å². The standard InChI is InChI=1S/C37H47ClFN7O5/c1-21-24(38)13-25-23(16-40-44-25)27(21)30-29(39)31-28(33(41-30)49-4)32(45-11-12-50-19-36(3,48)17-45)43-34(42-31)51-20-37-8-5-7-26(37)46(10-6-9-37)22-14-35(2,15-22)18-47/h13,16,22,26,47-48H,5-12,14-15,17-20H2,1-4H3,(H,40,44)/t22?,26?,35?,36-,37?/m0/s1. The molecule has 3 aromatic heterocycles. The van der Waals surface area contributed by atoms with Gasteiger partial charge in [0.25, 0.3) is 0 Å². The maximum atomic E-state index is 17.2. The largest absolute Gasteiger partial charge is 0.480 e. The normalized spacial score (nSPS) is 30.0. The summed E-state index contributed by atoms with van der Waals surface area (Å²) >= 11 is 6.63. The fourth-order valence-electron chi connectivity index (χ4n) is 9.39. The fraction of sp³-hybridized carbons (Fsp3) is 0.622. The molecule has 4 aromatic rings. The van der Waals surface area contributed by atoms with E-state index in [0.29, 0.717) is 64.7 Å². The summed E-state index contributed by atoms with van der Waals surface area (Å²) in [7, 11) is 1.48. The number of H-pyrrole nitrogens is 1. The predicted octanol–water partition coefficient (Wildman–Crippen LogP) is 5.44. The van der Waals surface area contributed by atoms with Crippen molar-refractivity contribution in [2.75, 3.05) is 58.1 Å². The van der Waals surface area contributed by atoms with Gasteiger partial charge in [-0.15, -0.1) is 0 Å². The summed E-state index contributed by atoms with van der Waals surface area (Å²) in [5.41, 5.74) is 0.547. The molecule has 0 spiro atoms. The van der Waals surface area contributed by atoms with Crippen LogP contribution in [-0.2, 0) is 4.74 Å². The van der Waals surface area contributed by atoms with Gasteiger partial charge in [-0.2, -0.15) is 15.1 Å². The monoisotopic (exact) mass is 723 g/mol. The summed E-state index contributed by atoms with van der Waals surface area (Å²) in [5, 5.41) is 29.6. The molecule has 0 amide bonds. The number of halogens is 2. The van der Waals surface area contributed by atoms with Crippen molar-refractivity contribution in [3.05, 3.63) is 28.7 Å². The van der Waals surface area contributed by atoms with Gasteiger partial charge in [0.2, 0.25) is 5.88 Å². The molecule has 2 aliphatic heterocycles. The van der Waals surface area contributed by atoms with Crippen molar-refractivity contribution in [1.29, 1.82) is 0 Å². The molecule has 0 bridgehead atoms. The van der Waals surface area contributed by atoms with Gasteiger partial charge in [-0.25, -0.2) is 9.37 Å². The zero-order valence-corrected chi connectivity index (χ0v) is 30.5. The second-order valence-electron chi connectivity index (χ2n) is 15.9. The third kappa shape index (κ3) is 5.98. The third-order valence-corrected chi connectivity index (χ3v) is 12.4. The van der Waals surface area contributed by atoms with E-state index in [2.05, 4.69) is 22.0 Å². The quantitative estimate of drug-likeness (QED) is 0.214. The second kappa shape index (κ2) is 12.9. The molecule has 4 aliphatic rings. The molecule has 51 heavy (non-hydrogen) atoms. The highest BCUT2D eigenvalue weighted by atomic mass is 35.5. The molecule has 1 aromatic carbocycles. The molecular weight excluding hydrogens is 677 g/mol. The van der Waals surface area contributed by atoms with Crippen LogP contribution in [0.2, 0.25) is 5.02 Å². The number of likely N-dealkylation sites (tertiary alicyclic amines) is 1. The average Bonchev–Trinajstić information content (AvgIpc) is 3.71. The molecule has 2 saturated heterocycles. The Bertz CT molecular complexity index is 1970. The summed E-state index contributed by atoms with van der Waals surface area (Å²) in [4.78, 5) is 19.0. The van der Waals surface area contributed by atoms with Crippen LogP contribution < -0.4 is 14.4 Å². The van der Waals surface area contributed by atoms with Gasteiger partial charge in [-0.05, 0) is 76.0 Å². The molecule has 2 aliphatic carbocycles. The van der Waals surface area contributed by atoms with E-state index in [4.69, 9.17) is 40.8 Å². The lowest BCUT2D eigenvalue weighted by molar-refractivity contribution is -0.0884. The number of ether oxygens (including phenoxy) is 3. The summed E-state index contributed by atoms with van der Waals surface area (Å²) in [6.07, 6.45) is 9.00. The summed E-state index contributed by atoms with van der Waals surface area (Å²) < 4.78 is 35.4. The minimum absolute atomic E-state index is 0.00109. The maximum absolute atomic E-state index is 17.2. The SMILES string of the molecule is COc1nc(-c2c(C)c(Cl)cc3[nH]ncc23)c(F)c2nc(OCC34CCCC3N(C3CC(C)(CO)C3)CCC4)nc(N3CCOC[C@@](C)(O)C3)c12. The molecule has 8 rings (SSSR count). The molecule has 0 radical (unpaired) electrons. The number of nitrogens with zero attached hydrogens (tertiary/aromatic N) is 6. The van der Waals surface area contributed by atoms with Crippen molar-refractivity contribution in [2.24, 2.45) is 10.8 Å².